The number of nitrogens with one attached hydrogen (secondary N) is 2. The Morgan fingerprint density at radius 3 is 2.77 bits per heavy atom. The van der Waals surface area contributed by atoms with Gasteiger partial charge in [0.05, 0.1) is 37.3 Å². The van der Waals surface area contributed by atoms with Crippen LogP contribution in [0.25, 0.3) is 0 Å². The van der Waals surface area contributed by atoms with E-state index in [1.54, 1.807) is 17.1 Å². The molecule has 3 rings (SSSR count). The van der Waals surface area contributed by atoms with Crippen molar-refractivity contribution in [2.24, 2.45) is 0 Å². The molecule has 0 spiro atoms. The number of aliphatic hydroxyl groups excluding tert-OH is 1. The highest BCUT2D eigenvalue weighted by molar-refractivity contribution is 6.33. The minimum Gasteiger partial charge on any atom is -0.394 e. The number of hydrogen-bond donors (Lipinski definition) is 3. The number of anilines is 3. The van der Waals surface area contributed by atoms with Gasteiger partial charge in [0.2, 0.25) is 5.95 Å². The summed E-state index contributed by atoms with van der Waals surface area (Å²) >= 11 is 12.5. The summed E-state index contributed by atoms with van der Waals surface area (Å²) in [5.41, 5.74) is 1.66. The standard InChI is InChI=1S/C17H18Cl2N6O/c1-11(13-4-2-3-5-14(13)18)22-16-15(19)9-20-17(24-16)23-12-8-21-25(10-12)6-7-26/h2-5,8-11,26H,6-7H2,1H3,(H2,20,22,23,24). The van der Waals surface area contributed by atoms with Gasteiger partial charge in [-0.2, -0.15) is 10.1 Å². The van der Waals surface area contributed by atoms with Crippen molar-refractivity contribution >= 4 is 40.7 Å². The molecule has 0 radical (unpaired) electrons. The molecule has 2 heterocycles. The highest BCUT2D eigenvalue weighted by Gasteiger charge is 2.13. The second-order valence-electron chi connectivity index (χ2n) is 5.62. The molecule has 1 atom stereocenters. The molecule has 3 aromatic rings. The number of benzene rings is 1. The van der Waals surface area contributed by atoms with Gasteiger partial charge in [0.15, 0.2) is 5.82 Å². The Bertz CT molecular complexity index is 885. The normalized spacial score (nSPS) is 12.0. The van der Waals surface area contributed by atoms with E-state index >= 15 is 0 Å². The molecule has 0 fully saturated rings. The van der Waals surface area contributed by atoms with Crippen molar-refractivity contribution < 1.29 is 5.11 Å². The molecule has 1 unspecified atom stereocenters. The van der Waals surface area contributed by atoms with Gasteiger partial charge < -0.3 is 15.7 Å². The Kier molecular flexibility index (Phi) is 5.92. The van der Waals surface area contributed by atoms with Crippen LogP contribution in [0.3, 0.4) is 0 Å². The van der Waals surface area contributed by atoms with Crippen molar-refractivity contribution in [2.45, 2.75) is 19.5 Å². The number of nitrogens with zero attached hydrogens (tertiary/aromatic N) is 4. The third-order valence-electron chi connectivity index (χ3n) is 3.69. The summed E-state index contributed by atoms with van der Waals surface area (Å²) in [5.74, 6) is 0.881. The molecule has 2 aromatic heterocycles. The highest BCUT2D eigenvalue weighted by Crippen LogP contribution is 2.28. The summed E-state index contributed by atoms with van der Waals surface area (Å²) in [5, 5.41) is 20.5. The summed E-state index contributed by atoms with van der Waals surface area (Å²) < 4.78 is 1.62. The Morgan fingerprint density at radius 1 is 1.19 bits per heavy atom. The molecule has 136 valence electrons. The third-order valence-corrected chi connectivity index (χ3v) is 4.31. The smallest absolute Gasteiger partial charge is 0.229 e. The van der Waals surface area contributed by atoms with Gasteiger partial charge in [-0.25, -0.2) is 4.98 Å². The lowest BCUT2D eigenvalue weighted by Crippen LogP contribution is -2.10. The molecule has 0 aliphatic heterocycles. The maximum absolute atomic E-state index is 8.94. The van der Waals surface area contributed by atoms with Crippen LogP contribution in [-0.4, -0.2) is 31.5 Å². The van der Waals surface area contributed by atoms with Crippen LogP contribution >= 0.6 is 23.2 Å². The predicted octanol–water partition coefficient (Wildman–Crippen LogP) is 3.89. The quantitative estimate of drug-likeness (QED) is 0.565. The van der Waals surface area contributed by atoms with Gasteiger partial charge in [-0.05, 0) is 18.6 Å². The van der Waals surface area contributed by atoms with Crippen LogP contribution in [0.4, 0.5) is 17.5 Å². The Hall–Kier alpha value is -2.35. The first-order valence-corrected chi connectivity index (χ1v) is 8.76. The molecule has 0 bridgehead atoms. The second-order valence-corrected chi connectivity index (χ2v) is 6.43. The molecule has 0 aliphatic carbocycles. The Labute approximate surface area is 161 Å². The molecule has 1 aromatic carbocycles. The minimum atomic E-state index is -0.0868. The van der Waals surface area contributed by atoms with Crippen LogP contribution in [-0.2, 0) is 6.54 Å². The van der Waals surface area contributed by atoms with Crippen molar-refractivity contribution in [3.8, 4) is 0 Å². The predicted molar refractivity (Wildman–Crippen MR) is 103 cm³/mol. The van der Waals surface area contributed by atoms with Crippen LogP contribution in [0, 0.1) is 0 Å². The van der Waals surface area contributed by atoms with Gasteiger partial charge in [0.25, 0.3) is 0 Å². The maximum Gasteiger partial charge on any atom is 0.229 e. The summed E-state index contributed by atoms with van der Waals surface area (Å²) in [6.07, 6.45) is 4.91. The first kappa shape index (κ1) is 18.4. The monoisotopic (exact) mass is 392 g/mol. The molecule has 26 heavy (non-hydrogen) atoms. The van der Waals surface area contributed by atoms with E-state index in [4.69, 9.17) is 28.3 Å². The largest absolute Gasteiger partial charge is 0.394 e. The number of hydrogen-bond acceptors (Lipinski definition) is 6. The van der Waals surface area contributed by atoms with E-state index in [-0.39, 0.29) is 12.6 Å². The zero-order valence-electron chi connectivity index (χ0n) is 14.0. The maximum atomic E-state index is 8.94. The van der Waals surface area contributed by atoms with Gasteiger partial charge in [0, 0.05) is 11.2 Å². The summed E-state index contributed by atoms with van der Waals surface area (Å²) in [4.78, 5) is 8.60. The van der Waals surface area contributed by atoms with Crippen LogP contribution in [0.2, 0.25) is 10.0 Å². The number of rotatable bonds is 7. The second kappa shape index (κ2) is 8.35. The molecule has 9 heteroatoms. The van der Waals surface area contributed by atoms with Crippen LogP contribution < -0.4 is 10.6 Å². The molecule has 0 amide bonds. The van der Waals surface area contributed by atoms with Crippen molar-refractivity contribution in [1.29, 1.82) is 0 Å². The summed E-state index contributed by atoms with van der Waals surface area (Å²) in [6.45, 7) is 2.42. The highest BCUT2D eigenvalue weighted by atomic mass is 35.5. The molecule has 0 saturated heterocycles. The summed E-state index contributed by atoms with van der Waals surface area (Å²) in [7, 11) is 0. The lowest BCUT2D eigenvalue weighted by atomic mass is 10.1. The number of halogens is 2. The van der Waals surface area contributed by atoms with Crippen molar-refractivity contribution in [2.75, 3.05) is 17.2 Å². The molecule has 7 nitrogen and oxygen atoms in total. The first-order valence-electron chi connectivity index (χ1n) is 8.00. The Morgan fingerprint density at radius 2 is 2.00 bits per heavy atom. The molecular formula is C17H18Cl2N6O. The van der Waals surface area contributed by atoms with Crippen LogP contribution in [0.1, 0.15) is 18.5 Å². The van der Waals surface area contributed by atoms with E-state index in [1.807, 2.05) is 31.2 Å². The molecule has 0 saturated carbocycles. The third kappa shape index (κ3) is 4.43. The molecule has 3 N–H and O–H groups in total. The van der Waals surface area contributed by atoms with E-state index in [9.17, 15) is 0 Å². The first-order chi connectivity index (χ1) is 12.6. The zero-order chi connectivity index (χ0) is 18.5. The molecular weight excluding hydrogens is 375 g/mol. The van der Waals surface area contributed by atoms with Gasteiger partial charge in [-0.3, -0.25) is 4.68 Å². The lowest BCUT2D eigenvalue weighted by molar-refractivity contribution is 0.269. The van der Waals surface area contributed by atoms with E-state index in [0.29, 0.717) is 34.0 Å². The fourth-order valence-electron chi connectivity index (χ4n) is 2.42. The van der Waals surface area contributed by atoms with Crippen molar-refractivity contribution in [3.05, 3.63) is 58.5 Å². The fraction of sp³-hybridized carbons (Fsp3) is 0.235. The Balaban J connectivity index is 1.75. The summed E-state index contributed by atoms with van der Waals surface area (Å²) in [6, 6.07) is 7.52. The van der Waals surface area contributed by atoms with Crippen molar-refractivity contribution in [3.63, 3.8) is 0 Å². The van der Waals surface area contributed by atoms with Crippen molar-refractivity contribution in [1.82, 2.24) is 19.7 Å². The zero-order valence-corrected chi connectivity index (χ0v) is 15.5. The van der Waals surface area contributed by atoms with E-state index < -0.39 is 0 Å². The van der Waals surface area contributed by atoms with E-state index in [1.165, 1.54) is 6.20 Å². The van der Waals surface area contributed by atoms with E-state index in [2.05, 4.69) is 25.7 Å². The minimum absolute atomic E-state index is 0.0204. The average Bonchev–Trinajstić information content (AvgIpc) is 3.05. The van der Waals surface area contributed by atoms with Gasteiger partial charge in [0.1, 0.15) is 5.02 Å². The topological polar surface area (TPSA) is 87.9 Å². The number of aromatic nitrogens is 4. The average molecular weight is 393 g/mol. The van der Waals surface area contributed by atoms with Gasteiger partial charge in [-0.15, -0.1) is 0 Å². The number of aliphatic hydroxyl groups is 1. The lowest BCUT2D eigenvalue weighted by Gasteiger charge is -2.17. The van der Waals surface area contributed by atoms with E-state index in [0.717, 1.165) is 5.56 Å². The van der Waals surface area contributed by atoms with Crippen LogP contribution in [0.5, 0.6) is 0 Å². The van der Waals surface area contributed by atoms with Gasteiger partial charge in [-0.1, -0.05) is 41.4 Å². The molecule has 0 aliphatic rings. The van der Waals surface area contributed by atoms with Crippen LogP contribution in [0.15, 0.2) is 42.9 Å². The van der Waals surface area contributed by atoms with Gasteiger partial charge >= 0.3 is 0 Å². The fourth-order valence-corrected chi connectivity index (χ4v) is 2.86. The SMILES string of the molecule is CC(Nc1nc(Nc2cnn(CCO)c2)ncc1Cl)c1ccccc1Cl.